The maximum Gasteiger partial charge on any atom is 0.237 e. The predicted molar refractivity (Wildman–Crippen MR) is 85.7 cm³/mol. The first-order valence-electron chi connectivity index (χ1n) is 8.36. The van der Waals surface area contributed by atoms with Crippen LogP contribution in [0.1, 0.15) is 35.2 Å². The minimum atomic E-state index is -0.264. The number of likely N-dealkylation sites (tertiary alicyclic amines) is 1. The quantitative estimate of drug-likeness (QED) is 0.896. The number of methoxy groups -OCH3 is 1. The van der Waals surface area contributed by atoms with Crippen molar-refractivity contribution in [2.75, 3.05) is 26.7 Å². The summed E-state index contributed by atoms with van der Waals surface area (Å²) >= 11 is 0. The zero-order chi connectivity index (χ0) is 16.0. The van der Waals surface area contributed by atoms with Crippen molar-refractivity contribution in [1.82, 2.24) is 10.2 Å². The van der Waals surface area contributed by atoms with Crippen molar-refractivity contribution < 1.29 is 14.3 Å². The normalized spacial score (nSPS) is 26.4. The molecule has 23 heavy (non-hydrogen) atoms. The summed E-state index contributed by atoms with van der Waals surface area (Å²) in [5, 5.41) is 2.90. The fourth-order valence-electron chi connectivity index (χ4n) is 4.39. The van der Waals surface area contributed by atoms with Gasteiger partial charge in [0.15, 0.2) is 5.78 Å². The summed E-state index contributed by atoms with van der Waals surface area (Å²) in [5.74, 6) is 1.24. The molecule has 2 aliphatic heterocycles. The van der Waals surface area contributed by atoms with E-state index in [0.717, 1.165) is 62.2 Å². The maximum atomic E-state index is 12.9. The standard InChI is InChI=1S/C18H22N2O3/c1-23-13-2-3-14-12(10-13)11-18(16(14)21)5-8-20(9-6-18)15-4-7-19-17(15)22/h2-3,10,15H,4-9,11H2,1H3,(H,19,22). The number of nitrogens with one attached hydrogen (secondary N) is 1. The molecule has 2 fully saturated rings. The smallest absolute Gasteiger partial charge is 0.237 e. The molecule has 1 spiro atoms. The van der Waals surface area contributed by atoms with Gasteiger partial charge in [-0.25, -0.2) is 0 Å². The highest BCUT2D eigenvalue weighted by molar-refractivity contribution is 6.05. The number of amides is 1. The van der Waals surface area contributed by atoms with E-state index in [1.54, 1.807) is 7.11 Å². The number of fused-ring (bicyclic) bond motifs is 1. The van der Waals surface area contributed by atoms with Gasteiger partial charge in [0.2, 0.25) is 5.91 Å². The van der Waals surface area contributed by atoms with Crippen molar-refractivity contribution in [3.8, 4) is 5.75 Å². The van der Waals surface area contributed by atoms with Gasteiger partial charge in [0.1, 0.15) is 5.75 Å². The van der Waals surface area contributed by atoms with Crippen LogP contribution < -0.4 is 10.1 Å². The van der Waals surface area contributed by atoms with Gasteiger partial charge in [-0.2, -0.15) is 0 Å². The molecule has 0 bridgehead atoms. The summed E-state index contributed by atoms with van der Waals surface area (Å²) in [6, 6.07) is 5.78. The molecule has 1 aromatic rings. The summed E-state index contributed by atoms with van der Waals surface area (Å²) in [6.07, 6.45) is 3.37. The Hall–Kier alpha value is -1.88. The molecule has 1 atom stereocenters. The number of carbonyl (C=O) groups is 2. The molecule has 1 unspecified atom stereocenters. The molecule has 2 heterocycles. The Morgan fingerprint density at radius 3 is 2.70 bits per heavy atom. The summed E-state index contributed by atoms with van der Waals surface area (Å²) in [6.45, 7) is 2.43. The van der Waals surface area contributed by atoms with E-state index in [1.807, 2.05) is 18.2 Å². The third kappa shape index (κ3) is 2.26. The zero-order valence-electron chi connectivity index (χ0n) is 13.4. The largest absolute Gasteiger partial charge is 0.497 e. The van der Waals surface area contributed by atoms with E-state index in [9.17, 15) is 9.59 Å². The van der Waals surface area contributed by atoms with Crippen LogP contribution in [0.3, 0.4) is 0 Å². The molecule has 4 rings (SSSR count). The van der Waals surface area contributed by atoms with E-state index in [2.05, 4.69) is 10.2 Å². The number of benzene rings is 1. The molecule has 1 aromatic carbocycles. The van der Waals surface area contributed by atoms with Crippen molar-refractivity contribution >= 4 is 11.7 Å². The highest BCUT2D eigenvalue weighted by Crippen LogP contribution is 2.45. The number of hydrogen-bond donors (Lipinski definition) is 1. The van der Waals surface area contributed by atoms with E-state index < -0.39 is 0 Å². The predicted octanol–water partition coefficient (Wildman–Crippen LogP) is 1.40. The second-order valence-corrected chi connectivity index (χ2v) is 6.94. The van der Waals surface area contributed by atoms with Crippen LogP contribution in [0.5, 0.6) is 5.75 Å². The van der Waals surface area contributed by atoms with Gasteiger partial charge in [0.25, 0.3) is 0 Å². The maximum absolute atomic E-state index is 12.9. The van der Waals surface area contributed by atoms with Crippen LogP contribution in [-0.2, 0) is 11.2 Å². The Kier molecular flexibility index (Phi) is 3.41. The molecule has 0 saturated carbocycles. The molecule has 5 heteroatoms. The fourth-order valence-corrected chi connectivity index (χ4v) is 4.39. The Bertz CT molecular complexity index is 662. The minimum absolute atomic E-state index is 0.00586. The number of piperidine rings is 1. The monoisotopic (exact) mass is 314 g/mol. The molecule has 122 valence electrons. The van der Waals surface area contributed by atoms with Gasteiger partial charge in [-0.1, -0.05) is 0 Å². The first-order chi connectivity index (χ1) is 11.1. The Labute approximate surface area is 136 Å². The number of Topliss-reactive ketones (excluding diaryl/α,β-unsaturated/α-hetero) is 1. The highest BCUT2D eigenvalue weighted by Gasteiger charge is 2.48. The lowest BCUT2D eigenvalue weighted by molar-refractivity contribution is -0.124. The lowest BCUT2D eigenvalue weighted by Crippen LogP contribution is -2.49. The Morgan fingerprint density at radius 2 is 2.04 bits per heavy atom. The lowest BCUT2D eigenvalue weighted by Gasteiger charge is -2.40. The number of ether oxygens (including phenoxy) is 1. The second kappa shape index (κ2) is 5.34. The molecule has 1 aliphatic carbocycles. The molecule has 3 aliphatic rings. The average Bonchev–Trinajstić information content (AvgIpc) is 3.11. The number of carbonyl (C=O) groups excluding carboxylic acids is 2. The van der Waals surface area contributed by atoms with Crippen molar-refractivity contribution in [1.29, 1.82) is 0 Å². The molecule has 5 nitrogen and oxygen atoms in total. The van der Waals surface area contributed by atoms with Gasteiger partial charge < -0.3 is 10.1 Å². The third-order valence-corrected chi connectivity index (χ3v) is 5.78. The minimum Gasteiger partial charge on any atom is -0.497 e. The number of ketones is 1. The van der Waals surface area contributed by atoms with Gasteiger partial charge in [-0.15, -0.1) is 0 Å². The zero-order valence-corrected chi connectivity index (χ0v) is 13.4. The van der Waals surface area contributed by atoms with Crippen molar-refractivity contribution in [2.45, 2.75) is 31.7 Å². The van der Waals surface area contributed by atoms with Crippen molar-refractivity contribution in [3.05, 3.63) is 29.3 Å². The van der Waals surface area contributed by atoms with Crippen LogP contribution in [0.2, 0.25) is 0 Å². The second-order valence-electron chi connectivity index (χ2n) is 6.94. The summed E-state index contributed by atoms with van der Waals surface area (Å²) < 4.78 is 5.28. The average molecular weight is 314 g/mol. The van der Waals surface area contributed by atoms with E-state index in [-0.39, 0.29) is 23.1 Å². The van der Waals surface area contributed by atoms with E-state index >= 15 is 0 Å². The SMILES string of the molecule is COc1ccc2c(c1)CC1(CCN(C3CCNC3=O)CC1)C2=O. The first-order valence-corrected chi connectivity index (χ1v) is 8.36. The highest BCUT2D eigenvalue weighted by atomic mass is 16.5. The van der Waals surface area contributed by atoms with Gasteiger partial charge in [-0.3, -0.25) is 14.5 Å². The number of nitrogens with zero attached hydrogens (tertiary/aromatic N) is 1. The van der Waals surface area contributed by atoms with Crippen LogP contribution in [0.15, 0.2) is 18.2 Å². The summed E-state index contributed by atoms with van der Waals surface area (Å²) in [7, 11) is 1.65. The summed E-state index contributed by atoms with van der Waals surface area (Å²) in [5.41, 5.74) is 1.71. The fraction of sp³-hybridized carbons (Fsp3) is 0.556. The van der Waals surface area contributed by atoms with Gasteiger partial charge in [0, 0.05) is 17.5 Å². The first kappa shape index (κ1) is 14.7. The topological polar surface area (TPSA) is 58.6 Å². The van der Waals surface area contributed by atoms with Gasteiger partial charge >= 0.3 is 0 Å². The van der Waals surface area contributed by atoms with Crippen molar-refractivity contribution in [2.24, 2.45) is 5.41 Å². The van der Waals surface area contributed by atoms with E-state index in [4.69, 9.17) is 4.74 Å². The van der Waals surface area contributed by atoms with Crippen LogP contribution in [-0.4, -0.2) is 49.4 Å². The molecule has 1 N–H and O–H groups in total. The van der Waals surface area contributed by atoms with Crippen LogP contribution in [0, 0.1) is 5.41 Å². The van der Waals surface area contributed by atoms with Crippen LogP contribution in [0.4, 0.5) is 0 Å². The third-order valence-electron chi connectivity index (χ3n) is 5.78. The van der Waals surface area contributed by atoms with Crippen LogP contribution >= 0.6 is 0 Å². The molecular formula is C18H22N2O3. The number of rotatable bonds is 2. The molecule has 0 radical (unpaired) electrons. The molecule has 1 amide bonds. The Balaban J connectivity index is 1.51. The van der Waals surface area contributed by atoms with E-state index in [1.165, 1.54) is 0 Å². The molecular weight excluding hydrogens is 292 g/mol. The van der Waals surface area contributed by atoms with Gasteiger partial charge in [-0.05, 0) is 62.5 Å². The lowest BCUT2D eigenvalue weighted by atomic mass is 9.75. The summed E-state index contributed by atoms with van der Waals surface area (Å²) in [4.78, 5) is 27.0. The van der Waals surface area contributed by atoms with Crippen LogP contribution in [0.25, 0.3) is 0 Å². The van der Waals surface area contributed by atoms with Gasteiger partial charge in [0.05, 0.1) is 13.2 Å². The van der Waals surface area contributed by atoms with Crippen molar-refractivity contribution in [3.63, 3.8) is 0 Å². The molecule has 0 aromatic heterocycles. The molecule has 2 saturated heterocycles. The van der Waals surface area contributed by atoms with E-state index in [0.29, 0.717) is 0 Å². The Morgan fingerprint density at radius 1 is 1.26 bits per heavy atom. The number of hydrogen-bond acceptors (Lipinski definition) is 4.